The van der Waals surface area contributed by atoms with Gasteiger partial charge in [0.25, 0.3) is 5.91 Å². The minimum absolute atomic E-state index is 0.0794. The molecule has 0 bridgehead atoms. The Morgan fingerprint density at radius 2 is 1.69 bits per heavy atom. The average molecular weight is 475 g/mol. The van der Waals surface area contributed by atoms with Crippen LogP contribution in [0.1, 0.15) is 66.7 Å². The molecule has 1 saturated heterocycles. The fourth-order valence-corrected chi connectivity index (χ4v) is 4.44. The maximum Gasteiger partial charge on any atom is 0.410 e. The molecular weight excluding hydrogens is 440 g/mol. The van der Waals surface area contributed by atoms with E-state index >= 15 is 0 Å². The number of hydrogen-bond donors (Lipinski definition) is 1. The van der Waals surface area contributed by atoms with E-state index in [1.54, 1.807) is 11.1 Å². The van der Waals surface area contributed by atoms with Crippen molar-refractivity contribution in [1.29, 1.82) is 0 Å². The van der Waals surface area contributed by atoms with Gasteiger partial charge in [0.1, 0.15) is 5.60 Å². The number of piperidine rings is 1. The number of likely N-dealkylation sites (tertiary alicyclic amines) is 1. The minimum Gasteiger partial charge on any atom is -0.444 e. The molecule has 7 nitrogen and oxygen atoms in total. The first-order valence-electron chi connectivity index (χ1n) is 12.1. The van der Waals surface area contributed by atoms with Crippen LogP contribution in [0, 0.1) is 13.8 Å². The number of benzene rings is 2. The standard InChI is InChI=1S/C28H34N4O3/c1-19-10-9-13-24(20(19)2)30-26(33)23-18-29-32(22-11-7-6-8-12-22)25(23)21-14-16-31(17-15-21)27(34)35-28(3,4)5/h6-13,18,21H,14-17H2,1-5H3,(H,30,33). The number of nitrogens with zero attached hydrogens (tertiary/aromatic N) is 3. The van der Waals surface area contributed by atoms with E-state index in [-0.39, 0.29) is 17.9 Å². The van der Waals surface area contributed by atoms with Gasteiger partial charge < -0.3 is 15.0 Å². The van der Waals surface area contributed by atoms with Crippen LogP contribution in [0.2, 0.25) is 0 Å². The number of rotatable bonds is 4. The van der Waals surface area contributed by atoms with Crippen molar-refractivity contribution >= 4 is 17.7 Å². The molecule has 0 saturated carbocycles. The van der Waals surface area contributed by atoms with E-state index in [1.165, 1.54) is 0 Å². The molecule has 3 aromatic rings. The summed E-state index contributed by atoms with van der Waals surface area (Å²) in [6.45, 7) is 10.8. The lowest BCUT2D eigenvalue weighted by Crippen LogP contribution is -2.41. The number of ether oxygens (including phenoxy) is 1. The van der Waals surface area contributed by atoms with Gasteiger partial charge in [0.05, 0.1) is 23.1 Å². The van der Waals surface area contributed by atoms with E-state index in [1.807, 2.05) is 87.8 Å². The van der Waals surface area contributed by atoms with Crippen LogP contribution in [-0.4, -0.2) is 45.4 Å². The monoisotopic (exact) mass is 474 g/mol. The quantitative estimate of drug-likeness (QED) is 0.514. The van der Waals surface area contributed by atoms with Gasteiger partial charge in [0, 0.05) is 24.7 Å². The van der Waals surface area contributed by atoms with Crippen LogP contribution >= 0.6 is 0 Å². The summed E-state index contributed by atoms with van der Waals surface area (Å²) in [7, 11) is 0. The molecule has 1 aliphatic rings. The van der Waals surface area contributed by atoms with Crippen molar-refractivity contribution in [2.45, 2.75) is 59.0 Å². The molecule has 0 radical (unpaired) electrons. The minimum atomic E-state index is -0.529. The molecule has 2 amide bonds. The molecule has 0 atom stereocenters. The van der Waals surface area contributed by atoms with Gasteiger partial charge in [0.15, 0.2) is 0 Å². The molecule has 2 heterocycles. The molecule has 0 aliphatic carbocycles. The normalized spacial score (nSPS) is 14.6. The van der Waals surface area contributed by atoms with Crippen LogP contribution in [0.25, 0.3) is 5.69 Å². The van der Waals surface area contributed by atoms with Gasteiger partial charge in [-0.15, -0.1) is 0 Å². The fraction of sp³-hybridized carbons (Fsp3) is 0.393. The first-order valence-corrected chi connectivity index (χ1v) is 12.1. The zero-order chi connectivity index (χ0) is 25.2. The van der Waals surface area contributed by atoms with Crippen molar-refractivity contribution in [3.8, 4) is 5.69 Å². The Hall–Kier alpha value is -3.61. The van der Waals surface area contributed by atoms with Crippen LogP contribution in [0.5, 0.6) is 0 Å². The molecule has 184 valence electrons. The van der Waals surface area contributed by atoms with Crippen molar-refractivity contribution < 1.29 is 14.3 Å². The highest BCUT2D eigenvalue weighted by Gasteiger charge is 2.32. The Morgan fingerprint density at radius 3 is 2.34 bits per heavy atom. The summed E-state index contributed by atoms with van der Waals surface area (Å²) in [6.07, 6.45) is 2.81. The van der Waals surface area contributed by atoms with E-state index in [2.05, 4.69) is 10.4 Å². The summed E-state index contributed by atoms with van der Waals surface area (Å²) in [4.78, 5) is 27.8. The molecule has 0 spiro atoms. The maximum atomic E-state index is 13.5. The molecule has 0 unspecified atom stereocenters. The number of carbonyl (C=O) groups is 2. The third-order valence-electron chi connectivity index (χ3n) is 6.44. The van der Waals surface area contributed by atoms with Crippen molar-refractivity contribution in [3.63, 3.8) is 0 Å². The van der Waals surface area contributed by atoms with Crippen LogP contribution in [-0.2, 0) is 4.74 Å². The molecule has 1 aromatic heterocycles. The molecule has 1 aliphatic heterocycles. The van der Waals surface area contributed by atoms with Gasteiger partial charge in [-0.1, -0.05) is 30.3 Å². The summed E-state index contributed by atoms with van der Waals surface area (Å²) in [5, 5.41) is 7.71. The predicted octanol–water partition coefficient (Wildman–Crippen LogP) is 5.86. The molecule has 1 fully saturated rings. The van der Waals surface area contributed by atoms with Gasteiger partial charge in [0.2, 0.25) is 0 Å². The number of hydrogen-bond acceptors (Lipinski definition) is 4. The number of aromatic nitrogens is 2. The van der Waals surface area contributed by atoms with Gasteiger partial charge in [-0.25, -0.2) is 9.48 Å². The zero-order valence-corrected chi connectivity index (χ0v) is 21.2. The summed E-state index contributed by atoms with van der Waals surface area (Å²) < 4.78 is 7.42. The number of amides is 2. The topological polar surface area (TPSA) is 76.5 Å². The highest BCUT2D eigenvalue weighted by Crippen LogP contribution is 2.33. The zero-order valence-electron chi connectivity index (χ0n) is 21.2. The molecule has 7 heteroatoms. The molecule has 4 rings (SSSR count). The van der Waals surface area contributed by atoms with Crippen molar-refractivity contribution in [2.24, 2.45) is 0 Å². The number of aryl methyl sites for hydroxylation is 1. The Kier molecular flexibility index (Phi) is 6.96. The third kappa shape index (κ3) is 5.56. The average Bonchev–Trinajstić information content (AvgIpc) is 3.27. The van der Waals surface area contributed by atoms with E-state index in [4.69, 9.17) is 4.74 Å². The van der Waals surface area contributed by atoms with E-state index in [9.17, 15) is 9.59 Å². The lowest BCUT2D eigenvalue weighted by molar-refractivity contribution is 0.0203. The van der Waals surface area contributed by atoms with E-state index in [0.717, 1.165) is 41.0 Å². The highest BCUT2D eigenvalue weighted by molar-refractivity contribution is 6.05. The van der Waals surface area contributed by atoms with Crippen LogP contribution in [0.4, 0.5) is 10.5 Å². The predicted molar refractivity (Wildman–Crippen MR) is 137 cm³/mol. The number of carbonyl (C=O) groups excluding carboxylic acids is 2. The summed E-state index contributed by atoms with van der Waals surface area (Å²) >= 11 is 0. The number of para-hydroxylation sites is 1. The van der Waals surface area contributed by atoms with E-state index < -0.39 is 5.60 Å². The Morgan fingerprint density at radius 1 is 1.00 bits per heavy atom. The number of anilines is 1. The van der Waals surface area contributed by atoms with Gasteiger partial charge >= 0.3 is 6.09 Å². The summed E-state index contributed by atoms with van der Waals surface area (Å²) in [5.41, 5.74) is 4.78. The third-order valence-corrected chi connectivity index (χ3v) is 6.44. The lowest BCUT2D eigenvalue weighted by atomic mass is 9.90. The fourth-order valence-electron chi connectivity index (χ4n) is 4.44. The van der Waals surface area contributed by atoms with Gasteiger partial charge in [-0.2, -0.15) is 5.10 Å². The largest absolute Gasteiger partial charge is 0.444 e. The van der Waals surface area contributed by atoms with Crippen LogP contribution in [0.15, 0.2) is 54.7 Å². The summed E-state index contributed by atoms with van der Waals surface area (Å²) in [5.74, 6) is -0.0961. The summed E-state index contributed by atoms with van der Waals surface area (Å²) in [6, 6.07) is 15.7. The molecular formula is C28H34N4O3. The smallest absolute Gasteiger partial charge is 0.410 e. The Bertz CT molecular complexity index is 1200. The first-order chi connectivity index (χ1) is 16.6. The first kappa shape index (κ1) is 24.5. The Labute approximate surface area is 207 Å². The second-order valence-corrected chi connectivity index (χ2v) is 10.1. The number of nitrogens with one attached hydrogen (secondary N) is 1. The van der Waals surface area contributed by atoms with Crippen molar-refractivity contribution in [1.82, 2.24) is 14.7 Å². The second-order valence-electron chi connectivity index (χ2n) is 10.1. The van der Waals surface area contributed by atoms with Crippen molar-refractivity contribution in [3.05, 3.63) is 77.1 Å². The van der Waals surface area contributed by atoms with E-state index in [0.29, 0.717) is 18.7 Å². The van der Waals surface area contributed by atoms with Crippen LogP contribution in [0.3, 0.4) is 0 Å². The SMILES string of the molecule is Cc1cccc(NC(=O)c2cnn(-c3ccccc3)c2C2CCN(C(=O)OC(C)(C)C)CC2)c1C. The highest BCUT2D eigenvalue weighted by atomic mass is 16.6. The van der Waals surface area contributed by atoms with Gasteiger partial charge in [-0.3, -0.25) is 4.79 Å². The molecule has 1 N–H and O–H groups in total. The van der Waals surface area contributed by atoms with Gasteiger partial charge in [-0.05, 0) is 76.8 Å². The molecule has 35 heavy (non-hydrogen) atoms. The maximum absolute atomic E-state index is 13.5. The second kappa shape index (κ2) is 9.94. The van der Waals surface area contributed by atoms with Crippen molar-refractivity contribution in [2.75, 3.05) is 18.4 Å². The molecule has 2 aromatic carbocycles. The Balaban J connectivity index is 1.61. The lowest BCUT2D eigenvalue weighted by Gasteiger charge is -2.34. The van der Waals surface area contributed by atoms with Crippen LogP contribution < -0.4 is 5.32 Å².